The Balaban J connectivity index is 2.13. The van der Waals surface area contributed by atoms with Crippen LogP contribution in [0.3, 0.4) is 0 Å². The van der Waals surface area contributed by atoms with Crippen LogP contribution in [0.15, 0.2) is 0 Å². The van der Waals surface area contributed by atoms with Crippen molar-refractivity contribution in [3.05, 3.63) is 0 Å². The van der Waals surface area contributed by atoms with E-state index >= 15 is 0 Å². The number of hydrogen-bond acceptors (Lipinski definition) is 4. The Hall–Kier alpha value is -0.160. The van der Waals surface area contributed by atoms with Crippen molar-refractivity contribution in [2.24, 2.45) is 0 Å². The second kappa shape index (κ2) is 4.66. The van der Waals surface area contributed by atoms with Gasteiger partial charge in [-0.05, 0) is 0 Å². The van der Waals surface area contributed by atoms with Crippen molar-refractivity contribution in [1.29, 1.82) is 0 Å². The molecule has 1 heterocycles. The van der Waals surface area contributed by atoms with E-state index in [1.165, 1.54) is 0 Å². The zero-order valence-electron chi connectivity index (χ0n) is 6.40. The number of aliphatic hydroxyl groups excluding tert-OH is 2. The molecule has 0 aromatic carbocycles. The first kappa shape index (κ1) is 8.93. The van der Waals surface area contributed by atoms with Gasteiger partial charge in [0.15, 0.2) is 0 Å². The number of ether oxygens (including phenoxy) is 2. The van der Waals surface area contributed by atoms with Gasteiger partial charge in [-0.3, -0.25) is 0 Å². The Bertz CT molecular complexity index is 101. The third kappa shape index (κ3) is 3.16. The van der Waals surface area contributed by atoms with Crippen molar-refractivity contribution in [3.63, 3.8) is 0 Å². The van der Waals surface area contributed by atoms with Gasteiger partial charge in [0, 0.05) is 6.42 Å². The Labute approximate surface area is 65.7 Å². The topological polar surface area (TPSA) is 58.9 Å². The third-order valence-electron chi connectivity index (χ3n) is 1.63. The maximum atomic E-state index is 9.02. The minimum absolute atomic E-state index is 0.0501. The van der Waals surface area contributed by atoms with Crippen LogP contribution in [0.2, 0.25) is 0 Å². The van der Waals surface area contributed by atoms with Gasteiger partial charge in [-0.1, -0.05) is 0 Å². The van der Waals surface area contributed by atoms with Crippen LogP contribution < -0.4 is 0 Å². The molecule has 2 N–H and O–H groups in total. The summed E-state index contributed by atoms with van der Waals surface area (Å²) in [5.41, 5.74) is 0. The number of hydrogen-bond donors (Lipinski definition) is 2. The van der Waals surface area contributed by atoms with Crippen LogP contribution in [-0.4, -0.2) is 48.8 Å². The Morgan fingerprint density at radius 2 is 2.27 bits per heavy atom. The average Bonchev–Trinajstić information content (AvgIpc) is 2.06. The van der Waals surface area contributed by atoms with Crippen LogP contribution in [0.5, 0.6) is 0 Å². The van der Waals surface area contributed by atoms with Gasteiger partial charge in [0.2, 0.25) is 0 Å². The molecule has 1 fully saturated rings. The van der Waals surface area contributed by atoms with Crippen molar-refractivity contribution in [3.8, 4) is 0 Å². The summed E-state index contributed by atoms with van der Waals surface area (Å²) in [5, 5.41) is 17.5. The predicted molar refractivity (Wildman–Crippen MR) is 38.3 cm³/mol. The molecule has 1 aliphatic rings. The van der Waals surface area contributed by atoms with Gasteiger partial charge in [-0.15, -0.1) is 0 Å². The maximum Gasteiger partial charge on any atom is 0.0835 e. The van der Waals surface area contributed by atoms with Crippen molar-refractivity contribution in [2.45, 2.75) is 18.6 Å². The van der Waals surface area contributed by atoms with E-state index in [-0.39, 0.29) is 12.7 Å². The molecule has 0 radical (unpaired) electrons. The molecule has 2 atom stereocenters. The quantitative estimate of drug-likeness (QED) is 0.567. The first-order chi connectivity index (χ1) is 5.33. The van der Waals surface area contributed by atoms with Crippen molar-refractivity contribution < 1.29 is 19.7 Å². The average molecular weight is 162 g/mol. The van der Waals surface area contributed by atoms with Gasteiger partial charge in [0.1, 0.15) is 0 Å². The second-order valence-corrected chi connectivity index (χ2v) is 2.64. The summed E-state index contributed by atoms with van der Waals surface area (Å²) in [6.07, 6.45) is -0.274. The Morgan fingerprint density at radius 1 is 1.45 bits per heavy atom. The summed E-state index contributed by atoms with van der Waals surface area (Å²) in [4.78, 5) is 0. The van der Waals surface area contributed by atoms with E-state index in [2.05, 4.69) is 0 Å². The van der Waals surface area contributed by atoms with Crippen molar-refractivity contribution >= 4 is 0 Å². The van der Waals surface area contributed by atoms with E-state index in [0.29, 0.717) is 26.2 Å². The molecule has 0 spiro atoms. The zero-order valence-corrected chi connectivity index (χ0v) is 6.40. The molecule has 0 saturated carbocycles. The lowest BCUT2D eigenvalue weighted by Crippen LogP contribution is -2.32. The van der Waals surface area contributed by atoms with E-state index in [4.69, 9.17) is 19.7 Å². The summed E-state index contributed by atoms with van der Waals surface area (Å²) < 4.78 is 10.4. The molecular weight excluding hydrogens is 148 g/mol. The minimum atomic E-state index is -0.679. The smallest absolute Gasteiger partial charge is 0.0835 e. The van der Waals surface area contributed by atoms with Crippen LogP contribution in [0.25, 0.3) is 0 Å². The van der Waals surface area contributed by atoms with Crippen LogP contribution in [0.4, 0.5) is 0 Å². The summed E-state index contributed by atoms with van der Waals surface area (Å²) in [6.45, 7) is 1.53. The van der Waals surface area contributed by atoms with Crippen LogP contribution in [0.1, 0.15) is 6.42 Å². The van der Waals surface area contributed by atoms with E-state index in [9.17, 15) is 0 Å². The fourth-order valence-corrected chi connectivity index (χ4v) is 1.05. The van der Waals surface area contributed by atoms with E-state index < -0.39 is 6.10 Å². The Morgan fingerprint density at radius 3 is 2.82 bits per heavy atom. The lowest BCUT2D eigenvalue weighted by Gasteiger charge is -2.24. The van der Waals surface area contributed by atoms with Crippen LogP contribution >= 0.6 is 0 Å². The Kier molecular flexibility index (Phi) is 3.79. The molecular formula is C7H14O4. The molecule has 1 saturated heterocycles. The van der Waals surface area contributed by atoms with Crippen molar-refractivity contribution in [1.82, 2.24) is 0 Å². The number of aliphatic hydroxyl groups is 2. The first-order valence-electron chi connectivity index (χ1n) is 3.81. The van der Waals surface area contributed by atoms with Gasteiger partial charge >= 0.3 is 0 Å². The second-order valence-electron chi connectivity index (χ2n) is 2.64. The molecule has 4 nitrogen and oxygen atoms in total. The van der Waals surface area contributed by atoms with Gasteiger partial charge < -0.3 is 19.7 Å². The maximum absolute atomic E-state index is 9.02. The fraction of sp³-hybridized carbons (Fsp3) is 1.00. The SMILES string of the molecule is OCC(O)CC1COCCO1. The molecule has 66 valence electrons. The highest BCUT2D eigenvalue weighted by atomic mass is 16.6. The van der Waals surface area contributed by atoms with E-state index in [1.54, 1.807) is 0 Å². The lowest BCUT2D eigenvalue weighted by atomic mass is 10.1. The highest BCUT2D eigenvalue weighted by molar-refractivity contribution is 4.65. The van der Waals surface area contributed by atoms with Gasteiger partial charge in [0.05, 0.1) is 38.6 Å². The molecule has 1 aliphatic heterocycles. The van der Waals surface area contributed by atoms with Gasteiger partial charge in [0.25, 0.3) is 0 Å². The number of rotatable bonds is 3. The highest BCUT2D eigenvalue weighted by Crippen LogP contribution is 2.07. The molecule has 0 aliphatic carbocycles. The lowest BCUT2D eigenvalue weighted by molar-refractivity contribution is -0.105. The molecule has 0 amide bonds. The first-order valence-corrected chi connectivity index (χ1v) is 3.81. The molecule has 2 unspecified atom stereocenters. The minimum Gasteiger partial charge on any atom is -0.394 e. The van der Waals surface area contributed by atoms with E-state index in [1.807, 2.05) is 0 Å². The zero-order chi connectivity index (χ0) is 8.10. The standard InChI is InChI=1S/C7H14O4/c8-4-6(9)3-7-5-10-1-2-11-7/h6-9H,1-5H2. The third-order valence-corrected chi connectivity index (χ3v) is 1.63. The van der Waals surface area contributed by atoms with Crippen molar-refractivity contribution in [2.75, 3.05) is 26.4 Å². The van der Waals surface area contributed by atoms with Gasteiger partial charge in [-0.25, -0.2) is 0 Å². The molecule has 0 bridgehead atoms. The molecule has 1 rings (SSSR count). The monoisotopic (exact) mass is 162 g/mol. The largest absolute Gasteiger partial charge is 0.394 e. The highest BCUT2D eigenvalue weighted by Gasteiger charge is 2.17. The molecule has 0 aromatic heterocycles. The normalized spacial score (nSPS) is 28.4. The molecule has 0 aromatic rings. The summed E-state index contributed by atoms with van der Waals surface area (Å²) in [7, 11) is 0. The van der Waals surface area contributed by atoms with E-state index in [0.717, 1.165) is 0 Å². The summed E-state index contributed by atoms with van der Waals surface area (Å²) in [5.74, 6) is 0. The summed E-state index contributed by atoms with van der Waals surface area (Å²) in [6, 6.07) is 0. The molecule has 11 heavy (non-hydrogen) atoms. The van der Waals surface area contributed by atoms with Crippen LogP contribution in [0, 0.1) is 0 Å². The van der Waals surface area contributed by atoms with Crippen LogP contribution in [-0.2, 0) is 9.47 Å². The molecule has 4 heteroatoms. The van der Waals surface area contributed by atoms with Gasteiger partial charge in [-0.2, -0.15) is 0 Å². The fourth-order valence-electron chi connectivity index (χ4n) is 1.05. The predicted octanol–water partition coefficient (Wildman–Crippen LogP) is -0.855. The summed E-state index contributed by atoms with van der Waals surface area (Å²) >= 11 is 0.